The average Bonchev–Trinajstić information content (AvgIpc) is 2.99. The number of hydrogen-bond acceptors (Lipinski definition) is 6. The zero-order valence-corrected chi connectivity index (χ0v) is 15.9. The highest BCUT2D eigenvalue weighted by Crippen LogP contribution is 2.30. The Kier molecular flexibility index (Phi) is 5.72. The van der Waals surface area contributed by atoms with Crippen LogP contribution in [0.2, 0.25) is 0 Å². The predicted molar refractivity (Wildman–Crippen MR) is 98.5 cm³/mol. The summed E-state index contributed by atoms with van der Waals surface area (Å²) in [6.07, 6.45) is 0.941. The number of fused-ring (bicyclic) bond motifs is 1. The standard InChI is InChI=1S/C18H23N3O6/c1-18(2,3)27-17(23)20(4)14(16(22)26-5)9-11-10-19-12-7-6-8-13(15(11)12)21(24)25/h6-8,10,14,19H,9H2,1-5H3/t14-/m0/s1. The molecule has 9 nitrogen and oxygen atoms in total. The quantitative estimate of drug-likeness (QED) is 0.486. The van der Waals surface area contributed by atoms with E-state index >= 15 is 0 Å². The Morgan fingerprint density at radius 2 is 2.00 bits per heavy atom. The molecule has 1 aromatic heterocycles. The molecule has 0 aliphatic rings. The Balaban J connectivity index is 2.40. The van der Waals surface area contributed by atoms with E-state index < -0.39 is 28.6 Å². The normalized spacial score (nSPS) is 12.5. The second-order valence-corrected chi connectivity index (χ2v) is 7.11. The highest BCUT2D eigenvalue weighted by atomic mass is 16.6. The van der Waals surface area contributed by atoms with E-state index in [9.17, 15) is 19.7 Å². The molecule has 1 amide bonds. The van der Waals surface area contributed by atoms with Gasteiger partial charge in [0.15, 0.2) is 0 Å². The number of H-pyrrole nitrogens is 1. The van der Waals surface area contributed by atoms with Crippen molar-refractivity contribution in [3.05, 3.63) is 40.1 Å². The molecule has 9 heteroatoms. The second kappa shape index (κ2) is 7.65. The number of rotatable bonds is 5. The van der Waals surface area contributed by atoms with Gasteiger partial charge in [-0.05, 0) is 32.4 Å². The van der Waals surface area contributed by atoms with Gasteiger partial charge in [0.25, 0.3) is 5.69 Å². The third kappa shape index (κ3) is 4.55. The molecular formula is C18H23N3O6. The minimum absolute atomic E-state index is 0.0350. The van der Waals surface area contributed by atoms with Crippen LogP contribution in [-0.4, -0.2) is 52.7 Å². The fourth-order valence-corrected chi connectivity index (χ4v) is 2.73. The number of benzene rings is 1. The summed E-state index contributed by atoms with van der Waals surface area (Å²) in [6, 6.07) is 3.68. The molecule has 0 fully saturated rings. The van der Waals surface area contributed by atoms with Crippen LogP contribution in [0, 0.1) is 10.1 Å². The fraction of sp³-hybridized carbons (Fsp3) is 0.444. The SMILES string of the molecule is COC(=O)[C@H](Cc1c[nH]c2cccc([N+](=O)[O-])c12)N(C)C(=O)OC(C)(C)C. The van der Waals surface area contributed by atoms with Crippen molar-refractivity contribution in [2.45, 2.75) is 38.8 Å². The number of aromatic nitrogens is 1. The van der Waals surface area contributed by atoms with Crippen molar-refractivity contribution < 1.29 is 24.0 Å². The summed E-state index contributed by atoms with van der Waals surface area (Å²) in [6.45, 7) is 5.15. The number of carbonyl (C=O) groups is 2. The molecule has 0 aliphatic heterocycles. The maximum Gasteiger partial charge on any atom is 0.410 e. The number of hydrogen-bond donors (Lipinski definition) is 1. The van der Waals surface area contributed by atoms with Gasteiger partial charge in [0.05, 0.1) is 22.9 Å². The van der Waals surface area contributed by atoms with Gasteiger partial charge in [0.2, 0.25) is 0 Å². The summed E-state index contributed by atoms with van der Waals surface area (Å²) < 4.78 is 10.1. The first-order valence-corrected chi connectivity index (χ1v) is 8.32. The molecule has 1 atom stereocenters. The Morgan fingerprint density at radius 3 is 2.56 bits per heavy atom. The largest absolute Gasteiger partial charge is 0.467 e. The lowest BCUT2D eigenvalue weighted by atomic mass is 10.0. The van der Waals surface area contributed by atoms with Crippen LogP contribution in [0.3, 0.4) is 0 Å². The monoisotopic (exact) mass is 377 g/mol. The molecule has 1 heterocycles. The molecule has 2 rings (SSSR count). The Hall–Kier alpha value is -3.10. The summed E-state index contributed by atoms with van der Waals surface area (Å²) in [7, 11) is 2.65. The lowest BCUT2D eigenvalue weighted by molar-refractivity contribution is -0.383. The van der Waals surface area contributed by atoms with Gasteiger partial charge in [0, 0.05) is 25.7 Å². The topological polar surface area (TPSA) is 115 Å². The molecule has 0 radical (unpaired) electrons. The van der Waals surface area contributed by atoms with Crippen LogP contribution in [0.5, 0.6) is 0 Å². The average molecular weight is 377 g/mol. The molecule has 1 aromatic carbocycles. The summed E-state index contributed by atoms with van der Waals surface area (Å²) in [5.41, 5.74) is 0.295. The first kappa shape index (κ1) is 20.2. The zero-order valence-electron chi connectivity index (χ0n) is 15.9. The molecule has 27 heavy (non-hydrogen) atoms. The van der Waals surface area contributed by atoms with Crippen molar-refractivity contribution in [2.24, 2.45) is 0 Å². The number of esters is 1. The highest BCUT2D eigenvalue weighted by molar-refractivity contribution is 5.92. The van der Waals surface area contributed by atoms with Crippen LogP contribution in [0.1, 0.15) is 26.3 Å². The number of carbonyl (C=O) groups excluding carboxylic acids is 2. The zero-order chi connectivity index (χ0) is 20.4. The maximum absolute atomic E-state index is 12.4. The molecule has 0 aliphatic carbocycles. The van der Waals surface area contributed by atoms with Crippen molar-refractivity contribution in [3.63, 3.8) is 0 Å². The van der Waals surface area contributed by atoms with Gasteiger partial charge < -0.3 is 14.5 Å². The Morgan fingerprint density at radius 1 is 1.33 bits per heavy atom. The lowest BCUT2D eigenvalue weighted by Gasteiger charge is -2.29. The summed E-state index contributed by atoms with van der Waals surface area (Å²) in [5.74, 6) is -0.642. The van der Waals surface area contributed by atoms with E-state index in [0.29, 0.717) is 16.5 Å². The first-order chi connectivity index (χ1) is 12.5. The van der Waals surface area contributed by atoms with Crippen LogP contribution in [0.15, 0.2) is 24.4 Å². The van der Waals surface area contributed by atoms with E-state index in [1.165, 1.54) is 20.2 Å². The van der Waals surface area contributed by atoms with Crippen molar-refractivity contribution in [1.29, 1.82) is 0 Å². The molecule has 0 unspecified atom stereocenters. The number of amides is 1. The van der Waals surface area contributed by atoms with Crippen molar-refractivity contribution in [3.8, 4) is 0 Å². The molecule has 0 saturated heterocycles. The van der Waals surface area contributed by atoms with E-state index in [0.717, 1.165) is 4.90 Å². The Labute approximate surface area is 156 Å². The molecule has 0 saturated carbocycles. The van der Waals surface area contributed by atoms with Crippen LogP contribution in [0.4, 0.5) is 10.5 Å². The number of ether oxygens (including phenoxy) is 2. The minimum Gasteiger partial charge on any atom is -0.467 e. The van der Waals surface area contributed by atoms with E-state index in [1.807, 2.05) is 0 Å². The van der Waals surface area contributed by atoms with Crippen LogP contribution in [0.25, 0.3) is 10.9 Å². The number of nitrogens with one attached hydrogen (secondary N) is 1. The van der Waals surface area contributed by atoms with Gasteiger partial charge in [-0.2, -0.15) is 0 Å². The summed E-state index contributed by atoms with van der Waals surface area (Å²) >= 11 is 0. The molecule has 2 aromatic rings. The van der Waals surface area contributed by atoms with Crippen molar-refractivity contribution >= 4 is 28.7 Å². The second-order valence-electron chi connectivity index (χ2n) is 7.11. The third-order valence-corrected chi connectivity index (χ3v) is 4.00. The molecule has 0 bridgehead atoms. The van der Waals surface area contributed by atoms with Crippen LogP contribution < -0.4 is 0 Å². The van der Waals surface area contributed by atoms with E-state index in [1.54, 1.807) is 39.1 Å². The smallest absolute Gasteiger partial charge is 0.410 e. The number of methoxy groups -OCH3 is 1. The summed E-state index contributed by atoms with van der Waals surface area (Å²) in [4.78, 5) is 39.6. The molecule has 146 valence electrons. The number of non-ortho nitro benzene ring substituents is 1. The number of nitro benzene ring substituents is 1. The van der Waals surface area contributed by atoms with Gasteiger partial charge in [-0.15, -0.1) is 0 Å². The van der Waals surface area contributed by atoms with Gasteiger partial charge in [0.1, 0.15) is 11.6 Å². The van der Waals surface area contributed by atoms with Gasteiger partial charge in [-0.25, -0.2) is 9.59 Å². The van der Waals surface area contributed by atoms with Crippen LogP contribution >= 0.6 is 0 Å². The van der Waals surface area contributed by atoms with Gasteiger partial charge in [-0.1, -0.05) is 6.07 Å². The molecule has 1 N–H and O–H groups in total. The lowest BCUT2D eigenvalue weighted by Crippen LogP contribution is -2.46. The van der Waals surface area contributed by atoms with Gasteiger partial charge >= 0.3 is 12.1 Å². The number of nitro groups is 1. The van der Waals surface area contributed by atoms with Gasteiger partial charge in [-0.3, -0.25) is 15.0 Å². The minimum atomic E-state index is -0.997. The van der Waals surface area contributed by atoms with Crippen LogP contribution in [-0.2, 0) is 20.7 Å². The molecular weight excluding hydrogens is 354 g/mol. The predicted octanol–water partition coefficient (Wildman–Crippen LogP) is 3.03. The number of nitrogens with zero attached hydrogens (tertiary/aromatic N) is 2. The molecule has 0 spiro atoms. The fourth-order valence-electron chi connectivity index (χ4n) is 2.73. The van der Waals surface area contributed by atoms with Crippen molar-refractivity contribution in [1.82, 2.24) is 9.88 Å². The first-order valence-electron chi connectivity index (χ1n) is 8.32. The highest BCUT2D eigenvalue weighted by Gasteiger charge is 2.32. The number of aromatic amines is 1. The Bertz CT molecular complexity index is 868. The number of likely N-dealkylation sites (N-methyl/N-ethyl adjacent to an activating group) is 1. The summed E-state index contributed by atoms with van der Waals surface area (Å²) in [5, 5.41) is 11.8. The van der Waals surface area contributed by atoms with E-state index in [-0.39, 0.29) is 12.1 Å². The van der Waals surface area contributed by atoms with E-state index in [4.69, 9.17) is 9.47 Å². The third-order valence-electron chi connectivity index (χ3n) is 4.00. The maximum atomic E-state index is 12.4. The van der Waals surface area contributed by atoms with E-state index in [2.05, 4.69) is 4.98 Å². The van der Waals surface area contributed by atoms with Crippen molar-refractivity contribution in [2.75, 3.05) is 14.2 Å².